The summed E-state index contributed by atoms with van der Waals surface area (Å²) < 4.78 is 15.7. The van der Waals surface area contributed by atoms with Crippen molar-refractivity contribution in [2.24, 2.45) is 0 Å². The number of carbonyl (C=O) groups excluding carboxylic acids is 1. The van der Waals surface area contributed by atoms with E-state index in [1.807, 2.05) is 6.07 Å². The van der Waals surface area contributed by atoms with Gasteiger partial charge in [-0.1, -0.05) is 6.07 Å². The van der Waals surface area contributed by atoms with Gasteiger partial charge in [-0.3, -0.25) is 4.79 Å². The summed E-state index contributed by atoms with van der Waals surface area (Å²) in [5, 5.41) is 9.13. The Hall–Kier alpha value is -2.76. The Labute approximate surface area is 127 Å². The molecule has 1 atom stereocenters. The molecule has 0 fully saturated rings. The van der Waals surface area contributed by atoms with Crippen LogP contribution in [0.5, 0.6) is 11.5 Å². The van der Waals surface area contributed by atoms with Crippen molar-refractivity contribution in [1.29, 1.82) is 0 Å². The second-order valence-electron chi connectivity index (χ2n) is 4.60. The topological polar surface area (TPSA) is 86.0 Å². The number of hydrogen-bond acceptors (Lipinski definition) is 5. The molecule has 0 saturated carbocycles. The molecule has 1 N–H and O–H groups in total. The summed E-state index contributed by atoms with van der Waals surface area (Å²) >= 11 is 0. The van der Waals surface area contributed by atoms with Crippen molar-refractivity contribution in [3.63, 3.8) is 0 Å². The van der Waals surface area contributed by atoms with Crippen LogP contribution in [0.2, 0.25) is 0 Å². The normalized spacial score (nSPS) is 11.7. The fraction of sp³-hybridized carbons (Fsp3) is 0.250. The SMILES string of the molecule is COc1ccc(-c2coc(C(CC=O)C(=O)O)c2)cc1OC. The number of carboxylic acids is 1. The number of furan rings is 1. The van der Waals surface area contributed by atoms with Gasteiger partial charge in [0.25, 0.3) is 0 Å². The number of rotatable bonds is 7. The van der Waals surface area contributed by atoms with Gasteiger partial charge in [0.05, 0.1) is 20.5 Å². The second-order valence-corrected chi connectivity index (χ2v) is 4.60. The van der Waals surface area contributed by atoms with Crippen LogP contribution in [0.1, 0.15) is 18.1 Å². The first-order valence-electron chi connectivity index (χ1n) is 6.58. The van der Waals surface area contributed by atoms with Crippen LogP contribution in [-0.4, -0.2) is 31.6 Å². The molecule has 0 aliphatic carbocycles. The molecule has 0 amide bonds. The summed E-state index contributed by atoms with van der Waals surface area (Å²) in [7, 11) is 3.08. The molecular formula is C16H16O6. The van der Waals surface area contributed by atoms with E-state index in [2.05, 4.69) is 0 Å². The van der Waals surface area contributed by atoms with Gasteiger partial charge in [0.1, 0.15) is 18.0 Å². The average molecular weight is 304 g/mol. The Morgan fingerprint density at radius 1 is 1.23 bits per heavy atom. The number of aliphatic carboxylic acids is 1. The van der Waals surface area contributed by atoms with Gasteiger partial charge >= 0.3 is 5.97 Å². The summed E-state index contributed by atoms with van der Waals surface area (Å²) in [4.78, 5) is 21.8. The molecule has 116 valence electrons. The molecule has 0 spiro atoms. The number of carboxylic acid groups (broad SMARTS) is 1. The summed E-state index contributed by atoms with van der Waals surface area (Å²) in [5.41, 5.74) is 1.50. The van der Waals surface area contributed by atoms with Crippen LogP contribution in [0.25, 0.3) is 11.1 Å². The molecule has 1 aromatic carbocycles. The third-order valence-corrected chi connectivity index (χ3v) is 3.31. The van der Waals surface area contributed by atoms with E-state index in [9.17, 15) is 9.59 Å². The molecule has 22 heavy (non-hydrogen) atoms. The maximum Gasteiger partial charge on any atom is 0.314 e. The molecule has 6 heteroatoms. The number of methoxy groups -OCH3 is 2. The van der Waals surface area contributed by atoms with Gasteiger partial charge in [0.15, 0.2) is 11.5 Å². The first-order valence-corrected chi connectivity index (χ1v) is 6.58. The number of carbonyl (C=O) groups is 2. The zero-order chi connectivity index (χ0) is 16.1. The summed E-state index contributed by atoms with van der Waals surface area (Å²) in [5.74, 6) is -0.680. The zero-order valence-electron chi connectivity index (χ0n) is 12.2. The summed E-state index contributed by atoms with van der Waals surface area (Å²) in [6.07, 6.45) is 1.89. The van der Waals surface area contributed by atoms with Crippen LogP contribution < -0.4 is 9.47 Å². The van der Waals surface area contributed by atoms with Crippen LogP contribution in [0.3, 0.4) is 0 Å². The van der Waals surface area contributed by atoms with E-state index < -0.39 is 11.9 Å². The molecule has 1 heterocycles. The molecule has 0 radical (unpaired) electrons. The number of hydrogen-bond donors (Lipinski definition) is 1. The predicted octanol–water partition coefficient (Wildman–Crippen LogP) is 2.72. The van der Waals surface area contributed by atoms with Crippen molar-refractivity contribution in [3.05, 3.63) is 36.3 Å². The predicted molar refractivity (Wildman–Crippen MR) is 78.3 cm³/mol. The van der Waals surface area contributed by atoms with Crippen molar-refractivity contribution in [1.82, 2.24) is 0 Å². The van der Waals surface area contributed by atoms with Crippen molar-refractivity contribution in [2.75, 3.05) is 14.2 Å². The van der Waals surface area contributed by atoms with Crippen LogP contribution in [-0.2, 0) is 9.59 Å². The zero-order valence-corrected chi connectivity index (χ0v) is 12.2. The molecule has 0 saturated heterocycles. The highest BCUT2D eigenvalue weighted by atomic mass is 16.5. The number of aldehydes is 1. The third-order valence-electron chi connectivity index (χ3n) is 3.31. The minimum absolute atomic E-state index is 0.131. The molecule has 0 bridgehead atoms. The van der Waals surface area contributed by atoms with E-state index in [1.54, 1.807) is 25.3 Å². The minimum Gasteiger partial charge on any atom is -0.493 e. The largest absolute Gasteiger partial charge is 0.493 e. The van der Waals surface area contributed by atoms with E-state index in [0.717, 1.165) is 5.56 Å². The highest BCUT2D eigenvalue weighted by molar-refractivity contribution is 5.79. The Bertz CT molecular complexity index is 673. The molecule has 2 rings (SSSR count). The van der Waals surface area contributed by atoms with E-state index >= 15 is 0 Å². The lowest BCUT2D eigenvalue weighted by atomic mass is 10.0. The summed E-state index contributed by atoms with van der Waals surface area (Å²) in [6, 6.07) is 6.94. The fourth-order valence-electron chi connectivity index (χ4n) is 2.14. The molecule has 0 aliphatic rings. The Morgan fingerprint density at radius 3 is 2.55 bits per heavy atom. The molecule has 0 aliphatic heterocycles. The Balaban J connectivity index is 2.35. The number of ether oxygens (including phenoxy) is 2. The van der Waals surface area contributed by atoms with Gasteiger partial charge in [-0.05, 0) is 23.8 Å². The summed E-state index contributed by atoms with van der Waals surface area (Å²) in [6.45, 7) is 0. The van der Waals surface area contributed by atoms with Crippen LogP contribution in [0, 0.1) is 0 Å². The Morgan fingerprint density at radius 2 is 1.95 bits per heavy atom. The fourth-order valence-corrected chi connectivity index (χ4v) is 2.14. The number of benzene rings is 1. The quantitative estimate of drug-likeness (QED) is 0.791. The molecule has 1 aromatic heterocycles. The Kier molecular flexibility index (Phi) is 4.83. The van der Waals surface area contributed by atoms with Gasteiger partial charge in [-0.2, -0.15) is 0 Å². The van der Waals surface area contributed by atoms with E-state index in [1.165, 1.54) is 13.4 Å². The standard InChI is InChI=1S/C16H16O6/c1-20-13-4-3-10(7-15(13)21-2)11-8-14(22-9-11)12(5-6-17)16(18)19/h3-4,6-9,12H,5H2,1-2H3,(H,18,19). The highest BCUT2D eigenvalue weighted by Crippen LogP contribution is 2.34. The highest BCUT2D eigenvalue weighted by Gasteiger charge is 2.23. The van der Waals surface area contributed by atoms with Gasteiger partial charge in [0, 0.05) is 12.0 Å². The molecule has 1 unspecified atom stereocenters. The molecular weight excluding hydrogens is 288 g/mol. The maximum absolute atomic E-state index is 11.2. The first kappa shape index (κ1) is 15.6. The van der Waals surface area contributed by atoms with E-state index in [-0.39, 0.29) is 12.2 Å². The van der Waals surface area contributed by atoms with Crippen molar-refractivity contribution >= 4 is 12.3 Å². The molecule has 2 aromatic rings. The maximum atomic E-state index is 11.2. The van der Waals surface area contributed by atoms with Crippen molar-refractivity contribution in [3.8, 4) is 22.6 Å². The lowest BCUT2D eigenvalue weighted by Gasteiger charge is -2.08. The van der Waals surface area contributed by atoms with E-state index in [0.29, 0.717) is 23.3 Å². The second kappa shape index (κ2) is 6.80. The van der Waals surface area contributed by atoms with Crippen molar-refractivity contribution in [2.45, 2.75) is 12.3 Å². The average Bonchev–Trinajstić information content (AvgIpc) is 3.01. The van der Waals surface area contributed by atoms with Gasteiger partial charge in [-0.25, -0.2) is 0 Å². The van der Waals surface area contributed by atoms with Gasteiger partial charge in [0.2, 0.25) is 0 Å². The van der Waals surface area contributed by atoms with Gasteiger partial charge in [-0.15, -0.1) is 0 Å². The molecule has 6 nitrogen and oxygen atoms in total. The lowest BCUT2D eigenvalue weighted by Crippen LogP contribution is -2.11. The monoisotopic (exact) mass is 304 g/mol. The minimum atomic E-state index is -1.10. The smallest absolute Gasteiger partial charge is 0.314 e. The third kappa shape index (κ3) is 3.11. The lowest BCUT2D eigenvalue weighted by molar-refractivity contribution is -0.140. The van der Waals surface area contributed by atoms with Crippen LogP contribution in [0.15, 0.2) is 34.9 Å². The van der Waals surface area contributed by atoms with Gasteiger partial charge < -0.3 is 23.8 Å². The first-order chi connectivity index (χ1) is 10.6. The van der Waals surface area contributed by atoms with Crippen LogP contribution >= 0.6 is 0 Å². The van der Waals surface area contributed by atoms with E-state index in [4.69, 9.17) is 19.0 Å². The van der Waals surface area contributed by atoms with Crippen molar-refractivity contribution < 1.29 is 28.6 Å². The van der Waals surface area contributed by atoms with Crippen LogP contribution in [0.4, 0.5) is 0 Å².